The molecule has 96 valence electrons. The molecule has 0 spiro atoms. The van der Waals surface area contributed by atoms with E-state index < -0.39 is 5.82 Å². The Morgan fingerprint density at radius 2 is 2.05 bits per heavy atom. The van der Waals surface area contributed by atoms with E-state index in [1.165, 1.54) is 15.1 Å². The predicted molar refractivity (Wildman–Crippen MR) is 70.0 cm³/mol. The van der Waals surface area contributed by atoms with Gasteiger partial charge in [-0.1, -0.05) is 29.8 Å². The highest BCUT2D eigenvalue weighted by atomic mass is 35.5. The van der Waals surface area contributed by atoms with Gasteiger partial charge in [-0.15, -0.1) is 5.10 Å². The molecule has 0 aliphatic heterocycles. The van der Waals surface area contributed by atoms with Gasteiger partial charge in [0, 0.05) is 6.20 Å². The van der Waals surface area contributed by atoms with Crippen LogP contribution in [-0.2, 0) is 6.54 Å². The highest BCUT2D eigenvalue weighted by Crippen LogP contribution is 2.19. The van der Waals surface area contributed by atoms with Crippen molar-refractivity contribution in [2.45, 2.75) is 6.54 Å². The largest absolute Gasteiger partial charge is 0.350 e. The van der Waals surface area contributed by atoms with Crippen LogP contribution in [0.2, 0.25) is 5.02 Å². The minimum atomic E-state index is -0.504. The fourth-order valence-electron chi connectivity index (χ4n) is 1.90. The van der Waals surface area contributed by atoms with Gasteiger partial charge in [0.05, 0.1) is 11.6 Å². The molecule has 0 saturated carbocycles. The number of nitrogens with zero attached hydrogens (tertiary/aromatic N) is 3. The van der Waals surface area contributed by atoms with Crippen LogP contribution in [0.25, 0.3) is 5.65 Å². The Morgan fingerprint density at radius 3 is 2.84 bits per heavy atom. The number of fused-ring (bicyclic) bond motifs is 1. The Morgan fingerprint density at radius 1 is 1.21 bits per heavy atom. The standard InChI is InChI=1S/C13H9ClFN3O/c14-12-9(4-3-5-10(12)15)8-18-13(19)17-7-2-1-6-11(17)16-18/h1-7H,8H2. The average molecular weight is 278 g/mol. The maximum atomic E-state index is 13.3. The third-order valence-corrected chi connectivity index (χ3v) is 3.26. The van der Waals surface area contributed by atoms with Crippen LogP contribution in [0.5, 0.6) is 0 Å². The summed E-state index contributed by atoms with van der Waals surface area (Å²) in [6.45, 7) is 0.136. The topological polar surface area (TPSA) is 39.3 Å². The molecular weight excluding hydrogens is 269 g/mol. The molecule has 0 amide bonds. The lowest BCUT2D eigenvalue weighted by Crippen LogP contribution is -2.21. The second kappa shape index (κ2) is 4.51. The van der Waals surface area contributed by atoms with Crippen LogP contribution in [0.15, 0.2) is 47.4 Å². The zero-order chi connectivity index (χ0) is 13.4. The van der Waals surface area contributed by atoms with E-state index in [2.05, 4.69) is 5.10 Å². The molecule has 1 aromatic carbocycles. The van der Waals surface area contributed by atoms with Gasteiger partial charge in [0.2, 0.25) is 0 Å². The van der Waals surface area contributed by atoms with E-state index in [9.17, 15) is 9.18 Å². The van der Waals surface area contributed by atoms with Gasteiger partial charge in [-0.25, -0.2) is 13.9 Å². The van der Waals surface area contributed by atoms with E-state index in [4.69, 9.17) is 11.6 Å². The van der Waals surface area contributed by atoms with Crippen molar-refractivity contribution in [3.8, 4) is 0 Å². The van der Waals surface area contributed by atoms with Crippen molar-refractivity contribution in [1.82, 2.24) is 14.2 Å². The fourth-order valence-corrected chi connectivity index (χ4v) is 2.09. The molecule has 0 atom stereocenters. The summed E-state index contributed by atoms with van der Waals surface area (Å²) >= 11 is 5.87. The van der Waals surface area contributed by atoms with Crippen molar-refractivity contribution in [3.05, 3.63) is 69.5 Å². The molecule has 2 aromatic heterocycles. The molecule has 0 N–H and O–H groups in total. The monoisotopic (exact) mass is 277 g/mol. The van der Waals surface area contributed by atoms with Crippen molar-refractivity contribution in [3.63, 3.8) is 0 Å². The van der Waals surface area contributed by atoms with Crippen LogP contribution >= 0.6 is 11.6 Å². The van der Waals surface area contributed by atoms with Crippen molar-refractivity contribution in [2.24, 2.45) is 0 Å². The van der Waals surface area contributed by atoms with Crippen molar-refractivity contribution < 1.29 is 4.39 Å². The maximum absolute atomic E-state index is 13.3. The summed E-state index contributed by atoms with van der Waals surface area (Å²) in [4.78, 5) is 12.1. The van der Waals surface area contributed by atoms with Gasteiger partial charge in [-0.3, -0.25) is 4.40 Å². The van der Waals surface area contributed by atoms with E-state index in [0.717, 1.165) is 0 Å². The molecule has 0 saturated heterocycles. The summed E-state index contributed by atoms with van der Waals surface area (Å²) < 4.78 is 16.0. The number of pyridine rings is 1. The molecule has 2 heterocycles. The number of halogens is 2. The molecule has 0 fully saturated rings. The molecule has 0 unspecified atom stereocenters. The average Bonchev–Trinajstić information content (AvgIpc) is 2.73. The van der Waals surface area contributed by atoms with Crippen LogP contribution < -0.4 is 5.69 Å². The highest BCUT2D eigenvalue weighted by Gasteiger charge is 2.10. The Hall–Kier alpha value is -2.14. The number of hydrogen-bond donors (Lipinski definition) is 0. The molecule has 0 radical (unpaired) electrons. The zero-order valence-electron chi connectivity index (χ0n) is 9.75. The fraction of sp³-hybridized carbons (Fsp3) is 0.0769. The summed E-state index contributed by atoms with van der Waals surface area (Å²) in [7, 11) is 0. The third-order valence-electron chi connectivity index (χ3n) is 2.84. The molecule has 0 aliphatic rings. The summed E-state index contributed by atoms with van der Waals surface area (Å²) in [6.07, 6.45) is 1.63. The van der Waals surface area contributed by atoms with Crippen LogP contribution in [0.1, 0.15) is 5.56 Å². The smallest absolute Gasteiger partial charge is 0.250 e. The summed E-state index contributed by atoms with van der Waals surface area (Å²) in [5.74, 6) is -0.504. The zero-order valence-corrected chi connectivity index (χ0v) is 10.5. The molecule has 19 heavy (non-hydrogen) atoms. The summed E-state index contributed by atoms with van der Waals surface area (Å²) in [5.41, 5.74) is 0.781. The molecule has 6 heteroatoms. The lowest BCUT2D eigenvalue weighted by molar-refractivity contribution is 0.616. The van der Waals surface area contributed by atoms with Gasteiger partial charge in [0.15, 0.2) is 5.65 Å². The number of hydrogen-bond acceptors (Lipinski definition) is 2. The van der Waals surface area contributed by atoms with Crippen molar-refractivity contribution in [2.75, 3.05) is 0 Å². The molecule has 3 aromatic rings. The third kappa shape index (κ3) is 2.02. The van der Waals surface area contributed by atoms with Crippen molar-refractivity contribution in [1.29, 1.82) is 0 Å². The van der Waals surface area contributed by atoms with Gasteiger partial charge in [0.1, 0.15) is 5.82 Å². The molecule has 0 bridgehead atoms. The Balaban J connectivity index is 2.09. The van der Waals surface area contributed by atoms with Crippen LogP contribution in [0.4, 0.5) is 4.39 Å². The van der Waals surface area contributed by atoms with Gasteiger partial charge >= 0.3 is 5.69 Å². The number of rotatable bonds is 2. The molecule has 3 rings (SSSR count). The van der Waals surface area contributed by atoms with Gasteiger partial charge in [-0.2, -0.15) is 0 Å². The first-order chi connectivity index (χ1) is 9.16. The van der Waals surface area contributed by atoms with Crippen LogP contribution in [-0.4, -0.2) is 14.2 Å². The maximum Gasteiger partial charge on any atom is 0.350 e. The predicted octanol–water partition coefficient (Wildman–Crippen LogP) is 2.34. The SMILES string of the molecule is O=c1n(Cc2cccc(F)c2Cl)nc2ccccn12. The number of aromatic nitrogens is 3. The molecule has 0 aliphatic carbocycles. The normalized spacial score (nSPS) is 11.1. The highest BCUT2D eigenvalue weighted by molar-refractivity contribution is 6.31. The minimum absolute atomic E-state index is 0.0199. The molecular formula is C13H9ClFN3O. The van der Waals surface area contributed by atoms with E-state index in [1.807, 2.05) is 0 Å². The second-order valence-electron chi connectivity index (χ2n) is 4.08. The first-order valence-electron chi connectivity index (χ1n) is 5.64. The van der Waals surface area contributed by atoms with Gasteiger partial charge in [-0.05, 0) is 23.8 Å². The van der Waals surface area contributed by atoms with Crippen LogP contribution in [0.3, 0.4) is 0 Å². The lowest BCUT2D eigenvalue weighted by Gasteiger charge is -2.03. The van der Waals surface area contributed by atoms with E-state index >= 15 is 0 Å². The van der Waals surface area contributed by atoms with Gasteiger partial charge in [0.25, 0.3) is 0 Å². The number of benzene rings is 1. The van der Waals surface area contributed by atoms with E-state index in [0.29, 0.717) is 11.2 Å². The Labute approximate surface area is 112 Å². The van der Waals surface area contributed by atoms with Crippen LogP contribution in [0, 0.1) is 5.82 Å². The Kier molecular flexibility index (Phi) is 2.83. The summed E-state index contributed by atoms with van der Waals surface area (Å²) in [5, 5.41) is 4.18. The molecule has 4 nitrogen and oxygen atoms in total. The quantitative estimate of drug-likeness (QED) is 0.721. The Bertz CT molecular complexity index is 809. The summed E-state index contributed by atoms with van der Waals surface area (Å²) in [6, 6.07) is 9.76. The van der Waals surface area contributed by atoms with E-state index in [-0.39, 0.29) is 17.3 Å². The first kappa shape index (κ1) is 11.9. The first-order valence-corrected chi connectivity index (χ1v) is 6.02. The minimum Gasteiger partial charge on any atom is -0.250 e. The van der Waals surface area contributed by atoms with E-state index in [1.54, 1.807) is 36.5 Å². The van der Waals surface area contributed by atoms with Gasteiger partial charge < -0.3 is 0 Å². The van der Waals surface area contributed by atoms with Crippen molar-refractivity contribution >= 4 is 17.2 Å². The second-order valence-corrected chi connectivity index (χ2v) is 4.46. The lowest BCUT2D eigenvalue weighted by atomic mass is 10.2.